The highest BCUT2D eigenvalue weighted by molar-refractivity contribution is 6.30. The van der Waals surface area contributed by atoms with Gasteiger partial charge in [0.15, 0.2) is 0 Å². The van der Waals surface area contributed by atoms with Gasteiger partial charge in [-0.1, -0.05) is 17.7 Å². The summed E-state index contributed by atoms with van der Waals surface area (Å²) in [6, 6.07) is 2.69. The standard InChI is InChI=1S/C12H15ClF2N2O2/c13-9-3-2-8(6-10(9)15)11(7-18)17-12(19)16-5-1-4-14/h2-3,6,11,18H,1,4-5,7H2,(H2,16,17,19). The molecule has 0 radical (unpaired) electrons. The van der Waals surface area contributed by atoms with Gasteiger partial charge >= 0.3 is 6.03 Å². The van der Waals surface area contributed by atoms with Crippen molar-refractivity contribution in [1.29, 1.82) is 0 Å². The van der Waals surface area contributed by atoms with Crippen molar-refractivity contribution in [2.75, 3.05) is 19.8 Å². The number of hydrogen-bond donors (Lipinski definition) is 3. The average Bonchev–Trinajstić information content (AvgIpc) is 2.39. The van der Waals surface area contributed by atoms with Gasteiger partial charge in [-0.3, -0.25) is 4.39 Å². The van der Waals surface area contributed by atoms with E-state index in [9.17, 15) is 18.7 Å². The Balaban J connectivity index is 2.62. The van der Waals surface area contributed by atoms with Gasteiger partial charge in [-0.05, 0) is 24.1 Å². The van der Waals surface area contributed by atoms with Gasteiger partial charge in [-0.2, -0.15) is 0 Å². The lowest BCUT2D eigenvalue weighted by molar-refractivity contribution is 0.216. The first-order chi connectivity index (χ1) is 9.08. The minimum Gasteiger partial charge on any atom is -0.394 e. The van der Waals surface area contributed by atoms with Crippen molar-refractivity contribution in [3.8, 4) is 0 Å². The third-order valence-corrected chi connectivity index (χ3v) is 2.74. The molecular formula is C12H15ClF2N2O2. The summed E-state index contributed by atoms with van der Waals surface area (Å²) in [6.45, 7) is -0.723. The molecule has 3 N–H and O–H groups in total. The monoisotopic (exact) mass is 292 g/mol. The predicted octanol–water partition coefficient (Wildman–Crippen LogP) is 2.17. The largest absolute Gasteiger partial charge is 0.394 e. The first-order valence-corrected chi connectivity index (χ1v) is 6.12. The minimum absolute atomic E-state index is 0.0344. The SMILES string of the molecule is O=C(NCCCF)NC(CO)c1ccc(Cl)c(F)c1. The van der Waals surface area contributed by atoms with Crippen LogP contribution in [-0.2, 0) is 0 Å². The molecule has 19 heavy (non-hydrogen) atoms. The highest BCUT2D eigenvalue weighted by Crippen LogP contribution is 2.20. The van der Waals surface area contributed by atoms with E-state index in [4.69, 9.17) is 11.6 Å². The molecule has 1 rings (SSSR count). The number of aliphatic hydroxyl groups excluding tert-OH is 1. The molecule has 0 fully saturated rings. The van der Waals surface area contributed by atoms with Gasteiger partial charge in [0.1, 0.15) is 5.82 Å². The van der Waals surface area contributed by atoms with Crippen LogP contribution in [0.25, 0.3) is 0 Å². The van der Waals surface area contributed by atoms with Crippen molar-refractivity contribution < 1.29 is 18.7 Å². The van der Waals surface area contributed by atoms with Crippen LogP contribution in [0.15, 0.2) is 18.2 Å². The number of carbonyl (C=O) groups excluding carboxylic acids is 1. The lowest BCUT2D eigenvalue weighted by Crippen LogP contribution is -2.39. The maximum atomic E-state index is 13.3. The summed E-state index contributed by atoms with van der Waals surface area (Å²) >= 11 is 5.55. The Labute approximate surface area is 114 Å². The number of amides is 2. The molecule has 7 heteroatoms. The van der Waals surface area contributed by atoms with E-state index in [1.54, 1.807) is 0 Å². The Morgan fingerprint density at radius 2 is 2.21 bits per heavy atom. The number of urea groups is 1. The molecule has 2 amide bonds. The molecule has 0 aliphatic carbocycles. The Morgan fingerprint density at radius 3 is 2.79 bits per heavy atom. The van der Waals surface area contributed by atoms with Crippen LogP contribution in [0.2, 0.25) is 5.02 Å². The number of benzene rings is 1. The van der Waals surface area contributed by atoms with Crippen LogP contribution < -0.4 is 10.6 Å². The van der Waals surface area contributed by atoms with Crippen LogP contribution in [0.1, 0.15) is 18.0 Å². The molecule has 0 saturated carbocycles. The lowest BCUT2D eigenvalue weighted by Gasteiger charge is -2.17. The van der Waals surface area contributed by atoms with E-state index < -0.39 is 31.2 Å². The summed E-state index contributed by atoms with van der Waals surface area (Å²) in [4.78, 5) is 11.4. The maximum absolute atomic E-state index is 13.3. The number of halogens is 3. The molecule has 0 spiro atoms. The van der Waals surface area contributed by atoms with E-state index >= 15 is 0 Å². The van der Waals surface area contributed by atoms with Crippen molar-refractivity contribution in [2.24, 2.45) is 0 Å². The molecule has 0 aliphatic heterocycles. The normalized spacial score (nSPS) is 12.0. The zero-order valence-corrected chi connectivity index (χ0v) is 10.9. The number of aliphatic hydroxyl groups is 1. The van der Waals surface area contributed by atoms with Crippen LogP contribution in [0.5, 0.6) is 0 Å². The van der Waals surface area contributed by atoms with Gasteiger partial charge in [0.25, 0.3) is 0 Å². The molecule has 0 aromatic heterocycles. The molecule has 0 saturated heterocycles. The lowest BCUT2D eigenvalue weighted by atomic mass is 10.1. The molecule has 106 valence electrons. The second kappa shape index (κ2) is 7.91. The Morgan fingerprint density at radius 1 is 1.47 bits per heavy atom. The van der Waals surface area contributed by atoms with Gasteiger partial charge in [-0.15, -0.1) is 0 Å². The molecule has 0 aliphatic rings. The highest BCUT2D eigenvalue weighted by Gasteiger charge is 2.14. The third-order valence-electron chi connectivity index (χ3n) is 2.43. The minimum atomic E-state index is -0.753. The first kappa shape index (κ1) is 15.7. The van der Waals surface area contributed by atoms with E-state index in [1.165, 1.54) is 12.1 Å². The van der Waals surface area contributed by atoms with Gasteiger partial charge in [0.2, 0.25) is 0 Å². The van der Waals surface area contributed by atoms with Gasteiger partial charge in [-0.25, -0.2) is 9.18 Å². The molecule has 0 heterocycles. The summed E-state index contributed by atoms with van der Waals surface area (Å²) in [7, 11) is 0. The van der Waals surface area contributed by atoms with Crippen molar-refractivity contribution in [2.45, 2.75) is 12.5 Å². The fourth-order valence-electron chi connectivity index (χ4n) is 1.44. The predicted molar refractivity (Wildman–Crippen MR) is 68.4 cm³/mol. The number of alkyl halides is 1. The number of nitrogens with one attached hydrogen (secondary N) is 2. The van der Waals surface area contributed by atoms with E-state index in [0.29, 0.717) is 5.56 Å². The topological polar surface area (TPSA) is 61.4 Å². The summed E-state index contributed by atoms with van der Waals surface area (Å²) in [5, 5.41) is 14.0. The summed E-state index contributed by atoms with van der Waals surface area (Å²) in [5.74, 6) is -0.628. The number of carbonyl (C=O) groups is 1. The van der Waals surface area contributed by atoms with E-state index in [2.05, 4.69) is 10.6 Å². The fourth-order valence-corrected chi connectivity index (χ4v) is 1.56. The molecule has 1 aromatic rings. The van der Waals surface area contributed by atoms with Crippen molar-refractivity contribution in [3.05, 3.63) is 34.6 Å². The van der Waals surface area contributed by atoms with Crippen LogP contribution in [0, 0.1) is 5.82 Å². The Bertz CT molecular complexity index is 432. The smallest absolute Gasteiger partial charge is 0.315 e. The van der Waals surface area contributed by atoms with Crippen molar-refractivity contribution in [1.82, 2.24) is 10.6 Å². The van der Waals surface area contributed by atoms with E-state index in [-0.39, 0.29) is 18.0 Å². The van der Waals surface area contributed by atoms with Crippen LogP contribution in [-0.4, -0.2) is 31.0 Å². The number of rotatable bonds is 6. The first-order valence-electron chi connectivity index (χ1n) is 5.74. The molecule has 4 nitrogen and oxygen atoms in total. The van der Waals surface area contributed by atoms with E-state index in [0.717, 1.165) is 6.07 Å². The average molecular weight is 293 g/mol. The second-order valence-electron chi connectivity index (χ2n) is 3.85. The molecule has 1 aromatic carbocycles. The summed E-state index contributed by atoms with van der Waals surface area (Å²) in [6.07, 6.45) is 0.215. The molecule has 0 bridgehead atoms. The summed E-state index contributed by atoms with van der Waals surface area (Å²) in [5.41, 5.74) is 0.394. The van der Waals surface area contributed by atoms with Crippen LogP contribution in [0.4, 0.5) is 13.6 Å². The van der Waals surface area contributed by atoms with Crippen molar-refractivity contribution >= 4 is 17.6 Å². The van der Waals surface area contributed by atoms with Crippen LogP contribution >= 0.6 is 11.6 Å². The Kier molecular flexibility index (Phi) is 6.52. The van der Waals surface area contributed by atoms with Gasteiger partial charge in [0.05, 0.1) is 24.3 Å². The quantitative estimate of drug-likeness (QED) is 0.704. The maximum Gasteiger partial charge on any atom is 0.315 e. The molecule has 1 atom stereocenters. The Hall–Kier alpha value is -1.40. The zero-order chi connectivity index (χ0) is 14.3. The van der Waals surface area contributed by atoms with Crippen LogP contribution in [0.3, 0.4) is 0 Å². The molecule has 1 unspecified atom stereocenters. The highest BCUT2D eigenvalue weighted by atomic mass is 35.5. The zero-order valence-electron chi connectivity index (χ0n) is 10.1. The number of hydrogen-bond acceptors (Lipinski definition) is 2. The van der Waals surface area contributed by atoms with Crippen molar-refractivity contribution in [3.63, 3.8) is 0 Å². The second-order valence-corrected chi connectivity index (χ2v) is 4.26. The van der Waals surface area contributed by atoms with Gasteiger partial charge in [0, 0.05) is 6.54 Å². The molecular weight excluding hydrogens is 278 g/mol. The third kappa shape index (κ3) is 5.00. The fraction of sp³-hybridized carbons (Fsp3) is 0.417. The van der Waals surface area contributed by atoms with E-state index in [1.807, 2.05) is 0 Å². The van der Waals surface area contributed by atoms with Gasteiger partial charge < -0.3 is 15.7 Å². The summed E-state index contributed by atoms with van der Waals surface area (Å²) < 4.78 is 25.1.